The monoisotopic (exact) mass is 429 g/mol. The lowest BCUT2D eigenvalue weighted by atomic mass is 10.1. The van der Waals surface area contributed by atoms with Crippen LogP contribution in [0, 0.1) is 0 Å². The zero-order valence-corrected chi connectivity index (χ0v) is 18.0. The average molecular weight is 430 g/mol. The summed E-state index contributed by atoms with van der Waals surface area (Å²) in [4.78, 5) is 28.3. The molecule has 5 heterocycles. The van der Waals surface area contributed by atoms with Gasteiger partial charge in [0.1, 0.15) is 6.33 Å². The number of benzene rings is 1. The van der Waals surface area contributed by atoms with E-state index < -0.39 is 0 Å². The van der Waals surface area contributed by atoms with Crippen molar-refractivity contribution in [3.8, 4) is 5.69 Å². The topological polar surface area (TPSA) is 70.4 Å². The molecule has 0 saturated carbocycles. The van der Waals surface area contributed by atoms with Gasteiger partial charge in [-0.15, -0.1) is 0 Å². The van der Waals surface area contributed by atoms with Gasteiger partial charge in [0, 0.05) is 56.4 Å². The second kappa shape index (κ2) is 8.02. The molecular weight excluding hydrogens is 402 g/mol. The number of fused-ring (bicyclic) bond motifs is 3. The Labute approximate surface area is 187 Å². The van der Waals surface area contributed by atoms with E-state index >= 15 is 0 Å². The number of carbonyl (C=O) groups is 1. The number of carbonyl (C=O) groups excluding carboxylic acids is 1. The van der Waals surface area contributed by atoms with Gasteiger partial charge in [0.2, 0.25) is 5.91 Å². The Hall–Kier alpha value is -3.26. The summed E-state index contributed by atoms with van der Waals surface area (Å²) in [5.41, 5.74) is 4.42. The van der Waals surface area contributed by atoms with Crippen LogP contribution in [0.1, 0.15) is 24.1 Å². The first-order chi connectivity index (χ1) is 15.7. The minimum Gasteiger partial charge on any atom is -0.360 e. The van der Waals surface area contributed by atoms with Gasteiger partial charge in [0.05, 0.1) is 36.0 Å². The number of aromatic nitrogens is 4. The summed E-state index contributed by atoms with van der Waals surface area (Å²) in [7, 11) is 0. The van der Waals surface area contributed by atoms with Crippen molar-refractivity contribution in [2.45, 2.75) is 37.9 Å². The Kier molecular flexibility index (Phi) is 4.87. The number of rotatable bonds is 4. The van der Waals surface area contributed by atoms with E-state index in [1.807, 2.05) is 40.2 Å². The highest BCUT2D eigenvalue weighted by atomic mass is 16.2. The molecule has 2 bridgehead atoms. The van der Waals surface area contributed by atoms with E-state index in [0.717, 1.165) is 61.5 Å². The van der Waals surface area contributed by atoms with Crippen LogP contribution in [0.3, 0.4) is 0 Å². The van der Waals surface area contributed by atoms with Crippen LogP contribution in [0.2, 0.25) is 0 Å². The van der Waals surface area contributed by atoms with Crippen molar-refractivity contribution >= 4 is 11.6 Å². The van der Waals surface area contributed by atoms with E-state index in [2.05, 4.69) is 38.1 Å². The summed E-state index contributed by atoms with van der Waals surface area (Å²) in [6.45, 7) is 3.72. The summed E-state index contributed by atoms with van der Waals surface area (Å²) >= 11 is 0. The Balaban J connectivity index is 1.10. The molecule has 0 aliphatic carbocycles. The number of piperazine rings is 1. The quantitative estimate of drug-likeness (QED) is 0.631. The molecule has 0 N–H and O–H groups in total. The predicted molar refractivity (Wildman–Crippen MR) is 120 cm³/mol. The lowest BCUT2D eigenvalue weighted by molar-refractivity contribution is -0.133. The molecule has 164 valence electrons. The van der Waals surface area contributed by atoms with Gasteiger partial charge in [-0.25, -0.2) is 14.6 Å². The molecule has 6 rings (SSSR count). The second-order valence-electron chi connectivity index (χ2n) is 9.03. The maximum absolute atomic E-state index is 13.2. The molecule has 0 spiro atoms. The average Bonchev–Trinajstić information content (AvgIpc) is 3.38. The normalized spacial score (nSPS) is 22.8. The van der Waals surface area contributed by atoms with E-state index in [9.17, 15) is 4.79 Å². The number of hydrogen-bond acceptors (Lipinski definition) is 6. The molecule has 2 unspecified atom stereocenters. The lowest BCUT2D eigenvalue weighted by Gasteiger charge is -2.42. The minimum atomic E-state index is 0.221. The van der Waals surface area contributed by atoms with E-state index in [1.54, 1.807) is 6.33 Å². The van der Waals surface area contributed by atoms with Gasteiger partial charge >= 0.3 is 0 Å². The fourth-order valence-electron chi connectivity index (χ4n) is 5.50. The van der Waals surface area contributed by atoms with Crippen LogP contribution in [0.4, 0.5) is 5.69 Å². The fraction of sp³-hybridized carbons (Fsp3) is 0.417. The van der Waals surface area contributed by atoms with Crippen molar-refractivity contribution in [3.63, 3.8) is 0 Å². The standard InChI is InChI=1S/C24H27N7O/c32-24(16-28-14-20-6-7-21(15-28)31(20)22-10-25-17-26-11-22)29-9-8-23-18(12-29)13-30(27-23)19-4-2-1-3-5-19/h1-5,10-11,13,17,20-21H,6-9,12,14-16H2. The van der Waals surface area contributed by atoms with Crippen LogP contribution in [-0.4, -0.2) is 73.7 Å². The molecule has 2 saturated heterocycles. The second-order valence-corrected chi connectivity index (χ2v) is 9.03. The van der Waals surface area contributed by atoms with Crippen LogP contribution in [0.5, 0.6) is 0 Å². The van der Waals surface area contributed by atoms with Crippen LogP contribution in [0.25, 0.3) is 5.69 Å². The first kappa shape index (κ1) is 19.4. The van der Waals surface area contributed by atoms with Crippen molar-refractivity contribution in [3.05, 3.63) is 66.5 Å². The van der Waals surface area contributed by atoms with E-state index in [4.69, 9.17) is 5.10 Å². The minimum absolute atomic E-state index is 0.221. The first-order valence-corrected chi connectivity index (χ1v) is 11.4. The predicted octanol–water partition coefficient (Wildman–Crippen LogP) is 1.90. The summed E-state index contributed by atoms with van der Waals surface area (Å²) in [6, 6.07) is 11.0. The summed E-state index contributed by atoms with van der Waals surface area (Å²) in [6.07, 6.45) is 10.6. The lowest BCUT2D eigenvalue weighted by Crippen LogP contribution is -2.56. The number of para-hydroxylation sites is 1. The zero-order valence-electron chi connectivity index (χ0n) is 18.0. The van der Waals surface area contributed by atoms with Gasteiger partial charge in [-0.1, -0.05) is 18.2 Å². The third-order valence-corrected chi connectivity index (χ3v) is 6.99. The molecule has 3 aliphatic rings. The van der Waals surface area contributed by atoms with Gasteiger partial charge in [0.25, 0.3) is 0 Å². The highest BCUT2D eigenvalue weighted by Gasteiger charge is 2.41. The molecule has 1 aromatic carbocycles. The zero-order chi connectivity index (χ0) is 21.5. The van der Waals surface area contributed by atoms with Gasteiger partial charge in [-0.2, -0.15) is 5.10 Å². The highest BCUT2D eigenvalue weighted by Crippen LogP contribution is 2.34. The Morgan fingerprint density at radius 1 is 1.00 bits per heavy atom. The smallest absolute Gasteiger partial charge is 0.237 e. The molecule has 8 heteroatoms. The molecule has 3 aliphatic heterocycles. The van der Waals surface area contributed by atoms with Crippen LogP contribution < -0.4 is 4.90 Å². The summed E-state index contributed by atoms with van der Waals surface area (Å²) in [5, 5.41) is 4.75. The van der Waals surface area contributed by atoms with Gasteiger partial charge in [-0.05, 0) is 25.0 Å². The molecule has 3 aromatic rings. The number of likely N-dealkylation sites (tertiary alicyclic amines) is 1. The van der Waals surface area contributed by atoms with Crippen molar-refractivity contribution in [2.24, 2.45) is 0 Å². The van der Waals surface area contributed by atoms with Crippen LogP contribution in [-0.2, 0) is 17.8 Å². The Morgan fingerprint density at radius 3 is 2.50 bits per heavy atom. The van der Waals surface area contributed by atoms with Crippen molar-refractivity contribution in [1.29, 1.82) is 0 Å². The first-order valence-electron chi connectivity index (χ1n) is 11.4. The maximum atomic E-state index is 13.2. The molecular formula is C24H27N7O. The van der Waals surface area contributed by atoms with Crippen molar-refractivity contribution in [2.75, 3.05) is 31.1 Å². The molecule has 2 aromatic heterocycles. The summed E-state index contributed by atoms with van der Waals surface area (Å²) in [5.74, 6) is 0.221. The molecule has 0 radical (unpaired) electrons. The number of nitrogens with zero attached hydrogens (tertiary/aromatic N) is 7. The molecule has 1 amide bonds. The molecule has 8 nitrogen and oxygen atoms in total. The molecule has 32 heavy (non-hydrogen) atoms. The van der Waals surface area contributed by atoms with E-state index in [-0.39, 0.29) is 5.91 Å². The van der Waals surface area contributed by atoms with Gasteiger partial charge < -0.3 is 9.80 Å². The number of anilines is 1. The SMILES string of the molecule is O=C(CN1CC2CCC(C1)N2c1cncnc1)N1CCc2nn(-c3ccccc3)cc2C1. The van der Waals surface area contributed by atoms with Crippen LogP contribution in [0.15, 0.2) is 55.2 Å². The summed E-state index contributed by atoms with van der Waals surface area (Å²) < 4.78 is 1.93. The van der Waals surface area contributed by atoms with E-state index in [0.29, 0.717) is 25.2 Å². The van der Waals surface area contributed by atoms with Crippen LogP contribution >= 0.6 is 0 Å². The number of amides is 1. The number of hydrogen-bond donors (Lipinski definition) is 0. The third kappa shape index (κ3) is 3.54. The van der Waals surface area contributed by atoms with Gasteiger partial charge in [-0.3, -0.25) is 9.69 Å². The van der Waals surface area contributed by atoms with Gasteiger partial charge in [0.15, 0.2) is 0 Å². The van der Waals surface area contributed by atoms with E-state index in [1.165, 1.54) is 0 Å². The third-order valence-electron chi connectivity index (χ3n) is 6.99. The van der Waals surface area contributed by atoms with Crippen molar-refractivity contribution < 1.29 is 4.79 Å². The Morgan fingerprint density at radius 2 is 1.75 bits per heavy atom. The fourth-order valence-corrected chi connectivity index (χ4v) is 5.50. The largest absolute Gasteiger partial charge is 0.360 e. The molecule has 2 fully saturated rings. The van der Waals surface area contributed by atoms with Crippen molar-refractivity contribution in [1.82, 2.24) is 29.5 Å². The Bertz CT molecular complexity index is 1090. The maximum Gasteiger partial charge on any atom is 0.237 e. The molecule has 2 atom stereocenters. The highest BCUT2D eigenvalue weighted by molar-refractivity contribution is 5.78.